The number of thioether (sulfide) groups is 1. The molecule has 0 spiro atoms. The van der Waals surface area contributed by atoms with Crippen molar-refractivity contribution in [3.8, 4) is 17.7 Å². The third kappa shape index (κ3) is 13.7. The Balaban J connectivity index is 1.21. The molecule has 0 amide bonds. The molecule has 39 heteroatoms. The van der Waals surface area contributed by atoms with Crippen LogP contribution in [0, 0.1) is 32.1 Å². The Morgan fingerprint density at radius 2 is 1.29 bits per heavy atom. The van der Waals surface area contributed by atoms with Gasteiger partial charge >= 0.3 is 0 Å². The quantitative estimate of drug-likeness (QED) is 0.0161. The van der Waals surface area contributed by atoms with Crippen molar-refractivity contribution in [2.24, 2.45) is 30.7 Å². The van der Waals surface area contributed by atoms with Crippen LogP contribution in [0.25, 0.3) is 37.7 Å². The molecule has 7 N–H and O–H groups in total. The van der Waals surface area contributed by atoms with Crippen molar-refractivity contribution in [3.05, 3.63) is 81.9 Å². The monoisotopic (exact) mass is 1320 g/mol. The number of rotatable bonds is 20. The van der Waals surface area contributed by atoms with Gasteiger partial charge in [-0.05, 0) is 99.0 Å². The Labute approximate surface area is 482 Å². The maximum atomic E-state index is 12.6. The van der Waals surface area contributed by atoms with Gasteiger partial charge in [0, 0.05) is 27.3 Å². The molecular formula is C44H37ClN10O20S8. The first-order chi connectivity index (χ1) is 38.4. The second-order valence-corrected chi connectivity index (χ2v) is 28.8. The van der Waals surface area contributed by atoms with E-state index in [1.807, 2.05) is 6.07 Å². The smallest absolute Gasteiger partial charge is 0.296 e. The van der Waals surface area contributed by atoms with Gasteiger partial charge < -0.3 is 9.84 Å². The molecule has 3 aromatic heterocycles. The van der Waals surface area contributed by atoms with Crippen molar-refractivity contribution in [3.63, 3.8) is 0 Å². The van der Waals surface area contributed by atoms with E-state index in [0.717, 1.165) is 28.3 Å². The first kappa shape index (κ1) is 62.2. The molecule has 83 heavy (non-hydrogen) atoms. The molecule has 8 aromatic rings. The van der Waals surface area contributed by atoms with Crippen LogP contribution in [0.4, 0.5) is 33.6 Å². The molecule has 0 saturated carbocycles. The molecule has 5 aromatic carbocycles. The van der Waals surface area contributed by atoms with Crippen LogP contribution >= 0.6 is 34.7 Å². The minimum atomic E-state index is -5.33. The summed E-state index contributed by atoms with van der Waals surface area (Å²) in [6.07, 6.45) is -0.337. The number of aryl methyl sites for hydroxylation is 2. The molecule has 0 radical (unpaired) electrons. The highest BCUT2D eigenvalue weighted by molar-refractivity contribution is 7.99. The van der Waals surface area contributed by atoms with Gasteiger partial charge in [-0.2, -0.15) is 60.9 Å². The van der Waals surface area contributed by atoms with Gasteiger partial charge in [0.15, 0.2) is 11.3 Å². The Bertz CT molecular complexity index is 4950. The normalized spacial score (nSPS) is 13.3. The van der Waals surface area contributed by atoms with E-state index in [9.17, 15) is 88.2 Å². The largest absolute Gasteiger partial charge is 0.493 e. The molecular weight excluding hydrogens is 1280 g/mol. The molecule has 438 valence electrons. The zero-order valence-electron chi connectivity index (χ0n) is 42.0. The summed E-state index contributed by atoms with van der Waals surface area (Å²) in [5.74, 6) is -2.11. The van der Waals surface area contributed by atoms with E-state index >= 15 is 0 Å². The number of thiazole rings is 1. The van der Waals surface area contributed by atoms with Gasteiger partial charge in [0.1, 0.15) is 49.8 Å². The summed E-state index contributed by atoms with van der Waals surface area (Å²) in [4.78, 5) is 5.02. The van der Waals surface area contributed by atoms with E-state index in [2.05, 4.69) is 40.7 Å². The predicted molar refractivity (Wildman–Crippen MR) is 298 cm³/mol. The Morgan fingerprint density at radius 3 is 1.92 bits per heavy atom. The van der Waals surface area contributed by atoms with Crippen LogP contribution in [0.1, 0.15) is 35.1 Å². The number of ether oxygens (including phenoxy) is 1. The number of aromatic hydroxyl groups is 1. The van der Waals surface area contributed by atoms with E-state index in [-0.39, 0.29) is 113 Å². The number of imidazole rings is 1. The lowest BCUT2D eigenvalue weighted by atomic mass is 10.1. The number of azo groups is 3. The van der Waals surface area contributed by atoms with Crippen LogP contribution in [-0.4, -0.2) is 121 Å². The molecule has 0 unspecified atom stereocenters. The van der Waals surface area contributed by atoms with Gasteiger partial charge in [0.25, 0.3) is 60.7 Å². The van der Waals surface area contributed by atoms with Crippen LogP contribution in [0.2, 0.25) is 5.02 Å². The van der Waals surface area contributed by atoms with Crippen molar-refractivity contribution in [2.45, 2.75) is 58.1 Å². The first-order valence-corrected chi connectivity index (χ1v) is 33.9. The molecule has 0 aliphatic carbocycles. The van der Waals surface area contributed by atoms with Crippen molar-refractivity contribution in [1.29, 1.82) is 5.26 Å². The minimum Gasteiger partial charge on any atom is -0.493 e. The molecule has 8 rings (SSSR count). The van der Waals surface area contributed by atoms with E-state index in [4.69, 9.17) is 16.3 Å². The average Bonchev–Trinajstić information content (AvgIpc) is 1.87. The lowest BCUT2D eigenvalue weighted by Crippen LogP contribution is -2.08. The molecule has 0 fully saturated rings. The molecule has 0 bridgehead atoms. The number of aromatic nitrogens is 3. The van der Waals surface area contributed by atoms with Gasteiger partial charge in [-0.3, -0.25) is 31.7 Å². The second-order valence-electron chi connectivity index (χ2n) is 17.5. The fourth-order valence-electron chi connectivity index (χ4n) is 8.10. The first-order valence-electron chi connectivity index (χ1n) is 22.7. The highest BCUT2D eigenvalue weighted by atomic mass is 35.5. The minimum absolute atomic E-state index is 0.0115. The third-order valence-corrected chi connectivity index (χ3v) is 19.4. The van der Waals surface area contributed by atoms with E-state index in [0.29, 0.717) is 29.0 Å². The highest BCUT2D eigenvalue weighted by Gasteiger charge is 2.29. The second kappa shape index (κ2) is 23.0. The maximum absolute atomic E-state index is 12.6. The van der Waals surface area contributed by atoms with Crippen molar-refractivity contribution in [2.75, 3.05) is 23.9 Å². The number of hydrogen-bond acceptors (Lipinski definition) is 25. The standard InChI is InChI=1S/C44H37ClN10O20S8/c1-20-12-31(51-53-38-21(2)26(19-46)42-47-28-6-7-35(81(66,67)68)22(3)40(28)55(42)43(38)56)33(75-8-4-10-78(57,58)59)17-29(20)49-52-32-16-27(45)30(18-34(32)76-9-5-11-79(60,61)62)50-54-44-48-39-37(83(72,73)74)15-24-25(41(39)77-44)13-23(80(63,64)65)14-36(24)82(69,70)71/h6-7,12-18,56H,4-5,8-11H2,1-3H3,(H,57,58,59)(H,60,61,62)(H,63,64,65)(H,66,67,68)(H,69,70,71)(H,72,73,74). The van der Waals surface area contributed by atoms with Crippen LogP contribution in [0.3, 0.4) is 0 Å². The molecule has 0 saturated heterocycles. The van der Waals surface area contributed by atoms with Gasteiger partial charge in [-0.25, -0.2) is 9.97 Å². The van der Waals surface area contributed by atoms with E-state index in [1.54, 1.807) is 6.92 Å². The Hall–Kier alpha value is -6.81. The predicted octanol–water partition coefficient (Wildman–Crippen LogP) is 9.67. The van der Waals surface area contributed by atoms with Crippen LogP contribution in [0.5, 0.6) is 11.6 Å². The number of benzene rings is 5. The van der Waals surface area contributed by atoms with Gasteiger partial charge in [0.05, 0.1) is 54.3 Å². The van der Waals surface area contributed by atoms with Crippen LogP contribution in [0.15, 0.2) is 110 Å². The van der Waals surface area contributed by atoms with E-state index < -0.39 is 114 Å². The van der Waals surface area contributed by atoms with E-state index in [1.165, 1.54) is 44.2 Å². The summed E-state index contributed by atoms with van der Waals surface area (Å²) >= 11 is 8.16. The van der Waals surface area contributed by atoms with Crippen LogP contribution < -0.4 is 4.74 Å². The van der Waals surface area contributed by atoms with Crippen molar-refractivity contribution in [1.82, 2.24) is 14.4 Å². The molecule has 30 nitrogen and oxygen atoms in total. The fraction of sp³-hybridized carbons (Fsp3) is 0.205. The third-order valence-electron chi connectivity index (χ3n) is 11.8. The Kier molecular flexibility index (Phi) is 17.2. The zero-order chi connectivity index (χ0) is 61.1. The topological polar surface area (TPSA) is 484 Å². The van der Waals surface area contributed by atoms with Crippen molar-refractivity contribution < 1.29 is 87.7 Å². The maximum Gasteiger partial charge on any atom is 0.296 e. The zero-order valence-corrected chi connectivity index (χ0v) is 49.3. The molecule has 3 heterocycles. The molecule has 0 atom stereocenters. The van der Waals surface area contributed by atoms with Crippen molar-refractivity contribution >= 4 is 167 Å². The SMILES string of the molecule is Cc1cc(N=Nc2c(C)c(C#N)c3nc4ccc(S(=O)(=O)O)c(C)c4n3c2O)c(OCCCS(=O)(=O)O)cc1N=Nc1cc(Cl)c(N=Nc2nc3c(S(=O)(=O)O)cc4c(S(=O)(=O)O)cc(S(=O)(=O)O)cc4c3s2)cc1SCCCS(=O)(=O)O. The summed E-state index contributed by atoms with van der Waals surface area (Å²) in [5.41, 5.74) is -0.633. The molecule has 0 aliphatic rings. The summed E-state index contributed by atoms with van der Waals surface area (Å²) < 4.78 is 210. The lowest BCUT2D eigenvalue weighted by molar-refractivity contribution is 0.317. The number of nitrogens with zero attached hydrogens (tertiary/aromatic N) is 10. The van der Waals surface area contributed by atoms with Crippen LogP contribution in [-0.2, 0) is 60.7 Å². The summed E-state index contributed by atoms with van der Waals surface area (Å²) in [6.45, 7) is 3.99. The summed E-state index contributed by atoms with van der Waals surface area (Å²) in [5, 5.41) is 45.7. The summed E-state index contributed by atoms with van der Waals surface area (Å²) in [7, 11) is -29.3. The highest BCUT2D eigenvalue weighted by Crippen LogP contribution is 2.46. The van der Waals surface area contributed by atoms with Gasteiger partial charge in [0.2, 0.25) is 11.0 Å². The number of fused-ring (bicyclic) bond motifs is 6. The number of hydrogen-bond donors (Lipinski definition) is 7. The number of pyridine rings is 1. The van der Waals surface area contributed by atoms with Gasteiger partial charge in [-0.15, -0.1) is 37.3 Å². The number of halogens is 1. The fourth-order valence-corrected chi connectivity index (χ4v) is 14.1. The van der Waals surface area contributed by atoms with Gasteiger partial charge in [-0.1, -0.05) is 22.9 Å². The Morgan fingerprint density at radius 1 is 0.663 bits per heavy atom. The molecule has 0 aliphatic heterocycles. The number of nitriles is 1. The lowest BCUT2D eigenvalue weighted by Gasteiger charge is -2.12. The average molecular weight is 1320 g/mol. The summed E-state index contributed by atoms with van der Waals surface area (Å²) in [6, 6.07) is 11.4.